The van der Waals surface area contributed by atoms with Crippen LogP contribution in [0.1, 0.15) is 184 Å². The summed E-state index contributed by atoms with van der Waals surface area (Å²) in [7, 11) is 18.6. The highest BCUT2D eigenvalue weighted by Crippen LogP contribution is 2.45. The molecule has 0 unspecified atom stereocenters. The van der Waals surface area contributed by atoms with Crippen molar-refractivity contribution < 1.29 is 89.8 Å². The van der Waals surface area contributed by atoms with Crippen molar-refractivity contribution in [2.24, 2.45) is 0 Å². The van der Waals surface area contributed by atoms with Gasteiger partial charge in [-0.25, -0.2) is 22.8 Å². The first-order valence-corrected chi connectivity index (χ1v) is 50.3. The van der Waals surface area contributed by atoms with Gasteiger partial charge in [-0.3, -0.25) is 28.8 Å². The Bertz CT molecular complexity index is 5960. The molecule has 0 aromatic heterocycles. The van der Waals surface area contributed by atoms with Gasteiger partial charge < -0.3 is 108 Å². The van der Waals surface area contributed by atoms with E-state index in [-0.39, 0.29) is 82.1 Å². The molecule has 0 atom stereocenters. The molecule has 8 aromatic carbocycles. The summed E-state index contributed by atoms with van der Waals surface area (Å²) in [6, 6.07) is 34.9. The van der Waals surface area contributed by atoms with Crippen molar-refractivity contribution in [3.05, 3.63) is 188 Å². The number of nitrogens with zero attached hydrogens (tertiary/aromatic N) is 11. The summed E-state index contributed by atoms with van der Waals surface area (Å²) in [4.78, 5) is 117. The van der Waals surface area contributed by atoms with Crippen molar-refractivity contribution >= 4 is 151 Å². The number of phenolic OH excluding ortho intramolecular Hbond substituents is 1. The van der Waals surface area contributed by atoms with E-state index in [0.717, 1.165) is 179 Å². The average molecular weight is 2060 g/mol. The summed E-state index contributed by atoms with van der Waals surface area (Å²) in [5.41, 5.74) is 14.9. The first kappa shape index (κ1) is 112. The van der Waals surface area contributed by atoms with Gasteiger partial charge in [0, 0.05) is 175 Å². The summed E-state index contributed by atoms with van der Waals surface area (Å²) in [6.07, 6.45) is 12.2. The summed E-state index contributed by atoms with van der Waals surface area (Å²) in [5, 5.41) is 21.9. The predicted molar refractivity (Wildman–Crippen MR) is 574 cm³/mol. The molecule has 8 aromatic rings. The van der Waals surface area contributed by atoms with E-state index in [2.05, 4.69) is 31.8 Å². The topological polar surface area (TPSA) is 293 Å². The first-order chi connectivity index (χ1) is 68.6. The van der Waals surface area contributed by atoms with E-state index in [4.69, 9.17) is 69.2 Å². The van der Waals surface area contributed by atoms with Gasteiger partial charge in [0.25, 0.3) is 0 Å². The first-order valence-electron chi connectivity index (χ1n) is 49.1. The van der Waals surface area contributed by atoms with Crippen LogP contribution in [-0.4, -0.2) is 225 Å². The average Bonchev–Trinajstić information content (AvgIpc) is 1.76. The number of methoxy groups -OCH3 is 5. The molecule has 16 rings (SSSR count). The lowest BCUT2D eigenvalue weighted by Gasteiger charge is -2.37. The number of hydrogen-bond acceptors (Lipinski definition) is 20. The number of nitrogens with one attached hydrogen (secondary N) is 3. The Labute approximate surface area is 865 Å². The maximum atomic E-state index is 13.7. The van der Waals surface area contributed by atoms with Gasteiger partial charge in [-0.15, -0.1) is 0 Å². The van der Waals surface area contributed by atoms with Crippen LogP contribution in [0.4, 0.5) is 79.6 Å². The normalized spacial score (nSPS) is 15.8. The number of phenols is 1. The second-order valence-corrected chi connectivity index (χ2v) is 41.1. The zero-order chi connectivity index (χ0) is 106. The minimum absolute atomic E-state index is 0.0192. The number of anilines is 10. The molecule has 2 saturated heterocycles. The number of halogens is 4. The van der Waals surface area contributed by atoms with Crippen LogP contribution in [0.3, 0.4) is 0 Å². The fourth-order valence-electron chi connectivity index (χ4n) is 18.0. The van der Waals surface area contributed by atoms with E-state index in [1.807, 2.05) is 144 Å². The van der Waals surface area contributed by atoms with E-state index in [9.17, 15) is 56.6 Å². The van der Waals surface area contributed by atoms with Crippen LogP contribution >= 0.6 is 36.0 Å². The second kappa shape index (κ2) is 50.2. The molecule has 2 fully saturated rings. The molecule has 782 valence electrons. The van der Waals surface area contributed by atoms with Gasteiger partial charge in [-0.1, -0.05) is 35.9 Å². The zero-order valence-corrected chi connectivity index (χ0v) is 89.6. The standard InChI is InChI=1S/C23H28FN3O2S.C21H24FN3O2S.C21H31N3O4.C20H29N3O4.C12H14ClNO2.C12H14FNO2/c1-23(2,3)26-22(30)25-18-12-16-8-6-10-21(28)27(19(16)13-20(18)29-4)14-15-7-5-9-17(24)11-15;1-24(2)21(28)23-17-11-15-7-5-9-20(26)25(18(15)12-19(17)27-3)13-14-6-4-8-16(22)10-14;1-21(2,3)28-20(26)24-11-9-23(10-12-24)17-13-15-7-6-8-19(25)22(4)16(15)14-18(17)27-5;1-20(2,3)27-19(26)23-10-8-22(9-11-23)16-12-14-6-5-7-18(25)21(4)15(14)13-17(16)24;2*1-14-10-7-11(16-2)9(13)6-8(10)4-3-5-12(14)15/h5,7,9,11-13H,6,8,10,14H2,1-4H3,(H2,25,26,30);4,6,8,10-12H,5,7,9,13H2,1-3H3,(H,23,28);13-14H,6-12H2,1-5H3;12-13,24H,5-11H2,1-4H3;2*6-7H,3-5H2,1-2H3. The number of fused-ring (bicyclic) bond motifs is 6. The lowest BCUT2D eigenvalue weighted by Crippen LogP contribution is -2.50. The Kier molecular flexibility index (Phi) is 38.9. The monoisotopic (exact) mass is 2060 g/mol. The third-order valence-corrected chi connectivity index (χ3v) is 26.6. The van der Waals surface area contributed by atoms with Gasteiger partial charge in [0.05, 0.1) is 111 Å². The summed E-state index contributed by atoms with van der Waals surface area (Å²) in [5.74, 6) is 2.37. The highest BCUT2D eigenvalue weighted by Gasteiger charge is 2.35. The number of benzene rings is 8. The smallest absolute Gasteiger partial charge is 0.410 e. The molecule has 0 aliphatic carbocycles. The maximum absolute atomic E-state index is 13.7. The van der Waals surface area contributed by atoms with E-state index in [1.165, 1.54) is 43.0 Å². The summed E-state index contributed by atoms with van der Waals surface area (Å²) in [6.45, 7) is 22.9. The van der Waals surface area contributed by atoms with Gasteiger partial charge in [-0.05, 0) is 269 Å². The molecule has 0 spiro atoms. The molecule has 0 saturated carbocycles. The highest BCUT2D eigenvalue weighted by atomic mass is 35.5. The van der Waals surface area contributed by atoms with Gasteiger partial charge in [0.2, 0.25) is 35.4 Å². The SMILES string of the molecule is CN1C(=O)CCCc2cc(N3CCN(C(=O)OC(C)(C)C)CC3)c(O)cc21.COc1cc2c(cc1Cl)CCCC(=O)N2C.COc1cc2c(cc1F)CCCC(=O)N2C.COc1cc2c(cc1N1CCN(C(=O)OC(C)(C)C)CC1)CCCC(=O)N2C.COc1cc2c(cc1NC(=S)N(C)C)CCCC(=O)N2Cc1cccc(F)c1.COc1cc2c(cc1NC(=S)NC(C)(C)C)CCCC(=O)N2Cc1cccc(F)c1. The van der Waals surface area contributed by atoms with Gasteiger partial charge in [-0.2, -0.15) is 0 Å². The number of aromatic hydroxyl groups is 1. The second-order valence-electron chi connectivity index (χ2n) is 39.9. The number of piperazine rings is 2. The molecule has 8 aliphatic rings. The van der Waals surface area contributed by atoms with Crippen molar-refractivity contribution in [2.45, 2.75) is 208 Å². The molecule has 0 bridgehead atoms. The Hall–Kier alpha value is -13.0. The van der Waals surface area contributed by atoms with Gasteiger partial charge in [0.1, 0.15) is 51.6 Å². The van der Waals surface area contributed by atoms with Crippen LogP contribution in [0.15, 0.2) is 121 Å². The molecule has 0 radical (unpaired) electrons. The molecule has 30 nitrogen and oxygen atoms in total. The van der Waals surface area contributed by atoms with Crippen LogP contribution in [-0.2, 0) is 89.9 Å². The van der Waals surface area contributed by atoms with Crippen molar-refractivity contribution in [1.29, 1.82) is 0 Å². The van der Waals surface area contributed by atoms with E-state index in [0.29, 0.717) is 136 Å². The Morgan fingerprint density at radius 1 is 0.393 bits per heavy atom. The van der Waals surface area contributed by atoms with Gasteiger partial charge in [0.15, 0.2) is 21.8 Å². The molecule has 4 N–H and O–H groups in total. The Morgan fingerprint density at radius 3 is 1.10 bits per heavy atom. The van der Waals surface area contributed by atoms with Crippen LogP contribution in [0.5, 0.6) is 34.5 Å². The molecule has 8 amide bonds. The molecule has 8 aliphatic heterocycles. The van der Waals surface area contributed by atoms with Crippen LogP contribution in [0.2, 0.25) is 5.02 Å². The van der Waals surface area contributed by atoms with Crippen LogP contribution in [0.25, 0.3) is 0 Å². The fraction of sp³-hybridized carbons (Fsp3) is 0.468. The van der Waals surface area contributed by atoms with Crippen molar-refractivity contribution in [1.82, 2.24) is 20.0 Å². The van der Waals surface area contributed by atoms with Crippen molar-refractivity contribution in [2.75, 3.05) is 180 Å². The van der Waals surface area contributed by atoms with E-state index >= 15 is 0 Å². The lowest BCUT2D eigenvalue weighted by atomic mass is 10.0. The Morgan fingerprint density at radius 2 is 0.724 bits per heavy atom. The molecular weight excluding hydrogens is 1920 g/mol. The number of hydrogen-bond donors (Lipinski definition) is 4. The maximum Gasteiger partial charge on any atom is 0.410 e. The van der Waals surface area contributed by atoms with E-state index in [1.54, 1.807) is 118 Å². The predicted octanol–water partition coefficient (Wildman–Crippen LogP) is 19.3. The fourth-order valence-corrected chi connectivity index (χ4v) is 18.8. The summed E-state index contributed by atoms with van der Waals surface area (Å²) < 4.78 is 78.5. The van der Waals surface area contributed by atoms with Crippen molar-refractivity contribution in [3.8, 4) is 34.5 Å². The lowest BCUT2D eigenvalue weighted by molar-refractivity contribution is -0.119. The number of thiocarbonyl (C=S) groups is 2. The number of carbonyl (C=O) groups excluding carboxylic acids is 8. The number of rotatable bonds is 13. The quantitative estimate of drug-likeness (QED) is 0.0780. The number of aryl methyl sites for hydroxylation is 6. The minimum atomic E-state index is -0.507. The minimum Gasteiger partial charge on any atom is -0.506 e. The molecule has 145 heavy (non-hydrogen) atoms. The van der Waals surface area contributed by atoms with Gasteiger partial charge >= 0.3 is 12.2 Å². The third kappa shape index (κ3) is 30.3. The van der Waals surface area contributed by atoms with E-state index < -0.39 is 11.2 Å². The van der Waals surface area contributed by atoms with Crippen LogP contribution in [0, 0.1) is 17.5 Å². The molecule has 36 heteroatoms. The van der Waals surface area contributed by atoms with Crippen LogP contribution < -0.4 is 78.8 Å². The highest BCUT2D eigenvalue weighted by molar-refractivity contribution is 7.80. The summed E-state index contributed by atoms with van der Waals surface area (Å²) >= 11 is 16.9. The number of carbonyl (C=O) groups is 8. The number of ether oxygens (including phenoxy) is 7. The zero-order valence-electron chi connectivity index (χ0n) is 87.2. The molecule has 8 heterocycles. The van der Waals surface area contributed by atoms with Crippen molar-refractivity contribution in [3.63, 3.8) is 0 Å². The Balaban J connectivity index is 0.000000168. The third-order valence-electron chi connectivity index (χ3n) is 25.6. The number of amides is 8. The molecular formula is C109H140ClF3N14O16S2. The largest absolute Gasteiger partial charge is 0.506 e.